The van der Waals surface area contributed by atoms with Gasteiger partial charge in [-0.25, -0.2) is 0 Å². The highest BCUT2D eigenvalue weighted by atomic mass is 16.5. The second-order valence-electron chi connectivity index (χ2n) is 7.06. The number of benzene rings is 1. The summed E-state index contributed by atoms with van der Waals surface area (Å²) in [5.74, 6) is 0. The topological polar surface area (TPSA) is 24.5 Å². The van der Waals surface area contributed by atoms with E-state index in [1.54, 1.807) is 0 Å². The highest BCUT2D eigenvalue weighted by Gasteiger charge is 2.19. The van der Waals surface area contributed by atoms with Crippen LogP contribution in [0.2, 0.25) is 0 Å². The van der Waals surface area contributed by atoms with Gasteiger partial charge < -0.3 is 15.0 Å². The molecule has 1 aliphatic rings. The molecule has 1 atom stereocenters. The lowest BCUT2D eigenvalue weighted by molar-refractivity contribution is 0.0384. The fourth-order valence-corrected chi connectivity index (χ4v) is 2.64. The lowest BCUT2D eigenvalue weighted by atomic mass is 10.0. The molecule has 0 saturated carbocycles. The quantitative estimate of drug-likeness (QED) is 0.918. The minimum atomic E-state index is 0.156. The first-order chi connectivity index (χ1) is 9.89. The molecule has 1 unspecified atom stereocenters. The molecule has 1 N–H and O–H groups in total. The molecule has 2 rings (SSSR count). The molecule has 3 heteroatoms. The fraction of sp³-hybridized carbons (Fsp3) is 0.667. The van der Waals surface area contributed by atoms with Crippen LogP contribution in [-0.2, 0) is 11.3 Å². The summed E-state index contributed by atoms with van der Waals surface area (Å²) in [6.45, 7) is 14.8. The third-order valence-corrected chi connectivity index (χ3v) is 4.09. The molecule has 0 amide bonds. The molecule has 1 heterocycles. The molecule has 0 aliphatic carbocycles. The Labute approximate surface area is 129 Å². The van der Waals surface area contributed by atoms with E-state index in [4.69, 9.17) is 4.74 Å². The van der Waals surface area contributed by atoms with Crippen LogP contribution in [0.5, 0.6) is 0 Å². The van der Waals surface area contributed by atoms with E-state index < -0.39 is 0 Å². The minimum absolute atomic E-state index is 0.156. The van der Waals surface area contributed by atoms with Crippen LogP contribution >= 0.6 is 0 Å². The largest absolute Gasteiger partial charge is 0.375 e. The van der Waals surface area contributed by atoms with E-state index in [2.05, 4.69) is 63.0 Å². The summed E-state index contributed by atoms with van der Waals surface area (Å²) in [7, 11) is 0. The molecule has 1 aliphatic heterocycles. The van der Waals surface area contributed by atoms with Crippen molar-refractivity contribution >= 4 is 5.69 Å². The van der Waals surface area contributed by atoms with E-state index >= 15 is 0 Å². The van der Waals surface area contributed by atoms with Crippen molar-refractivity contribution in [1.29, 1.82) is 0 Å². The molecule has 21 heavy (non-hydrogen) atoms. The van der Waals surface area contributed by atoms with Crippen LogP contribution in [0.4, 0.5) is 5.69 Å². The number of ether oxygens (including phenoxy) is 1. The molecule has 0 radical (unpaired) electrons. The van der Waals surface area contributed by atoms with Crippen LogP contribution in [0, 0.1) is 6.92 Å². The van der Waals surface area contributed by atoms with Crippen molar-refractivity contribution in [2.75, 3.05) is 24.6 Å². The van der Waals surface area contributed by atoms with E-state index in [1.165, 1.54) is 16.8 Å². The number of nitrogens with zero attached hydrogens (tertiary/aromatic N) is 1. The van der Waals surface area contributed by atoms with Gasteiger partial charge in [0.15, 0.2) is 0 Å². The van der Waals surface area contributed by atoms with Crippen LogP contribution in [0.1, 0.15) is 45.2 Å². The van der Waals surface area contributed by atoms with Crippen LogP contribution in [0.3, 0.4) is 0 Å². The van der Waals surface area contributed by atoms with Crippen molar-refractivity contribution in [3.05, 3.63) is 29.3 Å². The number of morpholine rings is 1. The van der Waals surface area contributed by atoms with Crippen LogP contribution in [-0.4, -0.2) is 31.3 Å². The van der Waals surface area contributed by atoms with Gasteiger partial charge >= 0.3 is 0 Å². The van der Waals surface area contributed by atoms with Gasteiger partial charge in [-0.3, -0.25) is 0 Å². The predicted molar refractivity (Wildman–Crippen MR) is 90.0 cm³/mol. The number of rotatable bonds is 4. The first-order valence-electron chi connectivity index (χ1n) is 8.10. The van der Waals surface area contributed by atoms with E-state index in [0.717, 1.165) is 32.7 Å². The highest BCUT2D eigenvalue weighted by molar-refractivity contribution is 5.51. The van der Waals surface area contributed by atoms with E-state index in [-0.39, 0.29) is 5.54 Å². The van der Waals surface area contributed by atoms with Gasteiger partial charge in [0.1, 0.15) is 0 Å². The Balaban J connectivity index is 2.04. The summed E-state index contributed by atoms with van der Waals surface area (Å²) in [6, 6.07) is 6.84. The Morgan fingerprint density at radius 2 is 2.10 bits per heavy atom. The average molecular weight is 290 g/mol. The Morgan fingerprint density at radius 3 is 2.71 bits per heavy atom. The standard InChI is InChI=1S/C18H30N2O/c1-6-17-13-20(9-10-21-17)16-8-7-15(14(2)11-16)12-19-18(3,4)5/h7-8,11,17,19H,6,9-10,12-13H2,1-5H3. The van der Waals surface area contributed by atoms with Gasteiger partial charge in [-0.1, -0.05) is 13.0 Å². The van der Waals surface area contributed by atoms with E-state index in [0.29, 0.717) is 6.10 Å². The van der Waals surface area contributed by atoms with Gasteiger partial charge in [0.05, 0.1) is 12.7 Å². The smallest absolute Gasteiger partial charge is 0.0748 e. The number of aryl methyl sites for hydroxylation is 1. The van der Waals surface area contributed by atoms with Gasteiger partial charge in [0, 0.05) is 30.9 Å². The second-order valence-corrected chi connectivity index (χ2v) is 7.06. The molecule has 118 valence electrons. The Hall–Kier alpha value is -1.06. The Kier molecular flexibility index (Phi) is 5.28. The molecule has 1 aromatic rings. The summed E-state index contributed by atoms with van der Waals surface area (Å²) >= 11 is 0. The first kappa shape index (κ1) is 16.3. The van der Waals surface area contributed by atoms with Crippen molar-refractivity contribution in [2.45, 2.75) is 59.2 Å². The zero-order valence-corrected chi connectivity index (χ0v) is 14.2. The molecular formula is C18H30N2O. The molecule has 0 bridgehead atoms. The van der Waals surface area contributed by atoms with Crippen molar-refractivity contribution < 1.29 is 4.74 Å². The fourth-order valence-electron chi connectivity index (χ4n) is 2.64. The summed E-state index contributed by atoms with van der Waals surface area (Å²) in [6.07, 6.45) is 1.46. The Bertz CT molecular complexity index is 465. The molecule has 1 fully saturated rings. The average Bonchev–Trinajstić information content (AvgIpc) is 2.45. The van der Waals surface area contributed by atoms with Crippen molar-refractivity contribution in [3.8, 4) is 0 Å². The third kappa shape index (κ3) is 4.72. The normalized spacial score (nSPS) is 19.9. The van der Waals surface area contributed by atoms with Gasteiger partial charge in [0.2, 0.25) is 0 Å². The maximum atomic E-state index is 5.76. The highest BCUT2D eigenvalue weighted by Crippen LogP contribution is 2.22. The van der Waals surface area contributed by atoms with Crippen molar-refractivity contribution in [1.82, 2.24) is 5.32 Å². The molecular weight excluding hydrogens is 260 g/mol. The lowest BCUT2D eigenvalue weighted by Gasteiger charge is -2.34. The zero-order valence-electron chi connectivity index (χ0n) is 14.2. The number of hydrogen-bond donors (Lipinski definition) is 1. The molecule has 0 aromatic heterocycles. The summed E-state index contributed by atoms with van der Waals surface area (Å²) < 4.78 is 5.76. The lowest BCUT2D eigenvalue weighted by Crippen LogP contribution is -2.42. The SMILES string of the molecule is CCC1CN(c2ccc(CNC(C)(C)C)c(C)c2)CCO1. The van der Waals surface area contributed by atoms with Gasteiger partial charge in [0.25, 0.3) is 0 Å². The van der Waals surface area contributed by atoms with E-state index in [9.17, 15) is 0 Å². The number of hydrogen-bond acceptors (Lipinski definition) is 3. The van der Waals surface area contributed by atoms with Crippen LogP contribution in [0.15, 0.2) is 18.2 Å². The van der Waals surface area contributed by atoms with Crippen molar-refractivity contribution in [3.63, 3.8) is 0 Å². The summed E-state index contributed by atoms with van der Waals surface area (Å²) in [5, 5.41) is 3.56. The number of anilines is 1. The van der Waals surface area contributed by atoms with Gasteiger partial charge in [-0.15, -0.1) is 0 Å². The zero-order chi connectivity index (χ0) is 15.5. The van der Waals surface area contributed by atoms with Gasteiger partial charge in [-0.05, 0) is 57.4 Å². The molecule has 3 nitrogen and oxygen atoms in total. The minimum Gasteiger partial charge on any atom is -0.375 e. The summed E-state index contributed by atoms with van der Waals surface area (Å²) in [4.78, 5) is 2.45. The first-order valence-corrected chi connectivity index (χ1v) is 8.10. The maximum Gasteiger partial charge on any atom is 0.0748 e. The van der Waals surface area contributed by atoms with E-state index in [1.807, 2.05) is 0 Å². The van der Waals surface area contributed by atoms with Crippen molar-refractivity contribution in [2.24, 2.45) is 0 Å². The number of nitrogens with one attached hydrogen (secondary N) is 1. The van der Waals surface area contributed by atoms with Gasteiger partial charge in [-0.2, -0.15) is 0 Å². The predicted octanol–water partition coefficient (Wildman–Crippen LogP) is 3.50. The van der Waals surface area contributed by atoms with Crippen LogP contribution < -0.4 is 10.2 Å². The third-order valence-electron chi connectivity index (χ3n) is 4.09. The monoisotopic (exact) mass is 290 g/mol. The molecule has 1 saturated heterocycles. The molecule has 0 spiro atoms. The Morgan fingerprint density at radius 1 is 1.33 bits per heavy atom. The molecule has 1 aromatic carbocycles. The summed E-state index contributed by atoms with van der Waals surface area (Å²) in [5.41, 5.74) is 4.23. The maximum absolute atomic E-state index is 5.76. The van der Waals surface area contributed by atoms with Crippen LogP contribution in [0.25, 0.3) is 0 Å². The second kappa shape index (κ2) is 6.80.